The normalized spacial score (nSPS) is 18.5. The van der Waals surface area contributed by atoms with E-state index in [9.17, 15) is 0 Å². The maximum atomic E-state index is 2.47. The molecule has 2 atom stereocenters. The molecule has 0 amide bonds. The SMILES string of the molecule is Cc1cc(C)cc(P(c2cc(C)cc(C)c2)[C@H](C)C2=CC=C/C2=C2/C=CC=CC2P(c2ccccc2)c2ccccc2)c1. The zero-order valence-electron chi connectivity index (χ0n) is 25.8. The first-order valence-corrected chi connectivity index (χ1v) is 18.0. The summed E-state index contributed by atoms with van der Waals surface area (Å²) < 4.78 is 0. The molecular weight excluding hydrogens is 554 g/mol. The Bertz CT molecular complexity index is 1640. The lowest BCUT2D eigenvalue weighted by Gasteiger charge is -2.33. The summed E-state index contributed by atoms with van der Waals surface area (Å²) in [6.07, 6.45) is 16.3. The van der Waals surface area contributed by atoms with E-state index in [1.165, 1.54) is 60.2 Å². The van der Waals surface area contributed by atoms with Crippen LogP contribution in [0.4, 0.5) is 0 Å². The van der Waals surface area contributed by atoms with Crippen LogP contribution in [0.5, 0.6) is 0 Å². The number of rotatable bonds is 7. The van der Waals surface area contributed by atoms with Crippen LogP contribution in [0, 0.1) is 27.7 Å². The molecular formula is C41H40P2. The van der Waals surface area contributed by atoms with E-state index in [-0.39, 0.29) is 0 Å². The smallest absolute Gasteiger partial charge is 0.0310 e. The molecule has 2 aliphatic rings. The largest absolute Gasteiger partial charge is 0.0721 e. The molecule has 0 fully saturated rings. The standard InChI is InChI=1S/C41H40P2/c1-29-23-30(2)26-36(25-29)42(37-27-31(3)24-32(4)28-37)33(5)38-20-14-21-39(38)40-19-12-13-22-41(40)43(34-15-8-6-9-16-34)35-17-10-7-11-18-35/h6-28,33,41H,1-5H3/b40-39+/t33-,41?/m1/s1. The maximum absolute atomic E-state index is 2.47. The third kappa shape index (κ3) is 6.38. The Hall–Kier alpha value is -3.56. The molecule has 0 N–H and O–H groups in total. The molecule has 0 nitrogen and oxygen atoms in total. The third-order valence-corrected chi connectivity index (χ3v) is 13.7. The zero-order valence-corrected chi connectivity index (χ0v) is 27.6. The van der Waals surface area contributed by atoms with Crippen LogP contribution in [0.2, 0.25) is 0 Å². The quantitative estimate of drug-likeness (QED) is 0.187. The van der Waals surface area contributed by atoms with Crippen LogP contribution >= 0.6 is 15.8 Å². The van der Waals surface area contributed by atoms with Crippen molar-refractivity contribution in [2.45, 2.75) is 45.9 Å². The molecule has 43 heavy (non-hydrogen) atoms. The van der Waals surface area contributed by atoms with Gasteiger partial charge in [0.15, 0.2) is 0 Å². The van der Waals surface area contributed by atoms with Crippen LogP contribution in [0.3, 0.4) is 0 Å². The van der Waals surface area contributed by atoms with Gasteiger partial charge in [-0.05, 0) is 81.5 Å². The van der Waals surface area contributed by atoms with Crippen molar-refractivity contribution >= 4 is 37.1 Å². The molecule has 4 aromatic carbocycles. The lowest BCUT2D eigenvalue weighted by atomic mass is 9.95. The van der Waals surface area contributed by atoms with Gasteiger partial charge >= 0.3 is 0 Å². The van der Waals surface area contributed by atoms with Crippen LogP contribution < -0.4 is 21.2 Å². The summed E-state index contributed by atoms with van der Waals surface area (Å²) in [7, 11) is -1.27. The van der Waals surface area contributed by atoms with Crippen LogP contribution in [0.15, 0.2) is 156 Å². The predicted octanol–water partition coefficient (Wildman–Crippen LogP) is 9.16. The van der Waals surface area contributed by atoms with Crippen molar-refractivity contribution in [1.82, 2.24) is 0 Å². The van der Waals surface area contributed by atoms with Gasteiger partial charge in [-0.15, -0.1) is 0 Å². The fraction of sp³-hybridized carbons (Fsp3) is 0.171. The summed E-state index contributed by atoms with van der Waals surface area (Å²) in [5.41, 5.74) is 10.3. The van der Waals surface area contributed by atoms with Gasteiger partial charge in [0.05, 0.1) is 0 Å². The molecule has 2 aliphatic carbocycles. The number of allylic oxidation sites excluding steroid dienone is 10. The van der Waals surface area contributed by atoms with E-state index in [0.29, 0.717) is 11.3 Å². The van der Waals surface area contributed by atoms with E-state index in [2.05, 4.69) is 174 Å². The third-order valence-electron chi connectivity index (χ3n) is 8.31. The first-order valence-electron chi connectivity index (χ1n) is 15.2. The fourth-order valence-corrected chi connectivity index (χ4v) is 12.4. The lowest BCUT2D eigenvalue weighted by molar-refractivity contribution is 1.12. The molecule has 0 bridgehead atoms. The minimum absolute atomic E-state index is 0.298. The second-order valence-corrected chi connectivity index (χ2v) is 16.7. The number of hydrogen-bond acceptors (Lipinski definition) is 0. The average molecular weight is 595 g/mol. The van der Waals surface area contributed by atoms with Crippen molar-refractivity contribution in [3.05, 3.63) is 179 Å². The molecule has 0 saturated carbocycles. The highest BCUT2D eigenvalue weighted by Crippen LogP contribution is 2.51. The van der Waals surface area contributed by atoms with Crippen molar-refractivity contribution in [2.24, 2.45) is 0 Å². The number of aryl methyl sites for hydroxylation is 4. The minimum Gasteiger partial charge on any atom is -0.0721 e. The fourth-order valence-electron chi connectivity index (χ4n) is 6.63. The molecule has 4 aromatic rings. The number of benzene rings is 4. The van der Waals surface area contributed by atoms with Crippen molar-refractivity contribution in [3.8, 4) is 0 Å². The van der Waals surface area contributed by atoms with Gasteiger partial charge in [0.1, 0.15) is 0 Å². The van der Waals surface area contributed by atoms with Crippen LogP contribution in [0.1, 0.15) is 29.2 Å². The van der Waals surface area contributed by atoms with Crippen molar-refractivity contribution in [1.29, 1.82) is 0 Å². The van der Waals surface area contributed by atoms with Gasteiger partial charge in [-0.3, -0.25) is 0 Å². The van der Waals surface area contributed by atoms with Crippen LogP contribution in [-0.4, -0.2) is 11.3 Å². The molecule has 0 radical (unpaired) electrons. The summed E-state index contributed by atoms with van der Waals surface area (Å²) >= 11 is 0. The van der Waals surface area contributed by atoms with Crippen molar-refractivity contribution in [3.63, 3.8) is 0 Å². The Morgan fingerprint density at radius 1 is 0.558 bits per heavy atom. The van der Waals surface area contributed by atoms with E-state index >= 15 is 0 Å². The van der Waals surface area contributed by atoms with Gasteiger partial charge in [0.25, 0.3) is 0 Å². The van der Waals surface area contributed by atoms with E-state index in [1.54, 1.807) is 0 Å². The van der Waals surface area contributed by atoms with Crippen LogP contribution in [-0.2, 0) is 0 Å². The first-order chi connectivity index (χ1) is 20.9. The summed E-state index contributed by atoms with van der Waals surface area (Å²) in [6, 6.07) is 36.6. The van der Waals surface area contributed by atoms with Gasteiger partial charge in [0.2, 0.25) is 0 Å². The number of hydrogen-bond donors (Lipinski definition) is 0. The van der Waals surface area contributed by atoms with Gasteiger partial charge < -0.3 is 0 Å². The molecule has 6 rings (SSSR count). The molecule has 1 unspecified atom stereocenters. The summed E-state index contributed by atoms with van der Waals surface area (Å²) in [5.74, 6) is 0. The molecule has 214 valence electrons. The second-order valence-electron chi connectivity index (χ2n) is 11.8. The first kappa shape index (κ1) is 29.5. The van der Waals surface area contributed by atoms with E-state index < -0.39 is 15.8 Å². The highest BCUT2D eigenvalue weighted by molar-refractivity contribution is 7.74. The van der Waals surface area contributed by atoms with E-state index in [0.717, 1.165) is 0 Å². The Kier molecular flexibility index (Phi) is 8.90. The minimum atomic E-state index is -0.635. The highest BCUT2D eigenvalue weighted by atomic mass is 31.1. The van der Waals surface area contributed by atoms with Gasteiger partial charge in [-0.1, -0.05) is 169 Å². The van der Waals surface area contributed by atoms with Gasteiger partial charge in [-0.2, -0.15) is 0 Å². The zero-order chi connectivity index (χ0) is 29.9. The maximum Gasteiger partial charge on any atom is 0.0310 e. The second kappa shape index (κ2) is 13.0. The topological polar surface area (TPSA) is 0 Å². The molecule has 2 heteroatoms. The molecule has 0 heterocycles. The lowest BCUT2D eigenvalue weighted by Crippen LogP contribution is -2.25. The van der Waals surface area contributed by atoms with E-state index in [1.807, 2.05) is 0 Å². The van der Waals surface area contributed by atoms with Gasteiger partial charge in [-0.25, -0.2) is 0 Å². The predicted molar refractivity (Wildman–Crippen MR) is 193 cm³/mol. The molecule has 0 aromatic heterocycles. The summed E-state index contributed by atoms with van der Waals surface area (Å²) in [5, 5.41) is 5.77. The van der Waals surface area contributed by atoms with Gasteiger partial charge in [0, 0.05) is 11.3 Å². The molecule has 0 spiro atoms. The summed E-state index contributed by atoms with van der Waals surface area (Å²) in [6.45, 7) is 11.4. The Balaban J connectivity index is 1.48. The van der Waals surface area contributed by atoms with Crippen molar-refractivity contribution < 1.29 is 0 Å². The monoisotopic (exact) mass is 594 g/mol. The Labute approximate surface area is 260 Å². The molecule has 0 aliphatic heterocycles. The summed E-state index contributed by atoms with van der Waals surface area (Å²) in [4.78, 5) is 0. The van der Waals surface area contributed by atoms with E-state index in [4.69, 9.17) is 0 Å². The highest BCUT2D eigenvalue weighted by Gasteiger charge is 2.32. The van der Waals surface area contributed by atoms with Crippen molar-refractivity contribution in [2.75, 3.05) is 0 Å². The molecule has 0 saturated heterocycles. The average Bonchev–Trinajstić information content (AvgIpc) is 3.48. The Morgan fingerprint density at radius 2 is 1.07 bits per heavy atom. The Morgan fingerprint density at radius 3 is 1.58 bits per heavy atom. The van der Waals surface area contributed by atoms with Crippen LogP contribution in [0.25, 0.3) is 0 Å².